The van der Waals surface area contributed by atoms with E-state index in [1.807, 2.05) is 6.07 Å². The van der Waals surface area contributed by atoms with Crippen molar-refractivity contribution in [2.45, 2.75) is 10.1 Å². The first kappa shape index (κ1) is 11.8. The lowest BCUT2D eigenvalue weighted by molar-refractivity contribution is 0.591. The summed E-state index contributed by atoms with van der Waals surface area (Å²) in [7, 11) is -3.62. The van der Waals surface area contributed by atoms with Gasteiger partial charge in [-0.05, 0) is 23.6 Å². The Kier molecular flexibility index (Phi) is 3.27. The first-order chi connectivity index (χ1) is 8.16. The summed E-state index contributed by atoms with van der Waals surface area (Å²) in [6.07, 6.45) is 0. The normalized spacial score (nSPS) is 12.9. The Morgan fingerprint density at radius 2 is 1.82 bits per heavy atom. The molecule has 0 saturated heterocycles. The van der Waals surface area contributed by atoms with Gasteiger partial charge in [-0.3, -0.25) is 0 Å². The molecule has 5 heteroatoms. The van der Waals surface area contributed by atoms with E-state index < -0.39 is 15.1 Å². The van der Waals surface area contributed by atoms with Gasteiger partial charge in [0.25, 0.3) is 0 Å². The summed E-state index contributed by atoms with van der Waals surface area (Å²) in [5.41, 5.74) is 0. The quantitative estimate of drug-likeness (QED) is 0.855. The summed E-state index contributed by atoms with van der Waals surface area (Å²) in [5, 5.41) is 9.72. The van der Waals surface area contributed by atoms with Crippen LogP contribution in [-0.2, 0) is 9.84 Å². The molecule has 0 spiro atoms. The number of thiophene rings is 1. The van der Waals surface area contributed by atoms with Crippen LogP contribution in [-0.4, -0.2) is 8.42 Å². The van der Waals surface area contributed by atoms with Crippen molar-refractivity contribution in [1.82, 2.24) is 0 Å². The lowest BCUT2D eigenvalue weighted by Gasteiger charge is -2.08. The highest BCUT2D eigenvalue weighted by atomic mass is 32.2. The van der Waals surface area contributed by atoms with Gasteiger partial charge in [0.2, 0.25) is 0 Å². The standard InChI is InChI=1S/C12H9NO2S2/c13-9-12(11-7-4-8-16-11)17(14,15)10-5-2-1-3-6-10/h1-8,12H/t12-/m1/s1. The first-order valence-electron chi connectivity index (χ1n) is 4.88. The minimum Gasteiger partial charge on any atom is -0.222 e. The highest BCUT2D eigenvalue weighted by Gasteiger charge is 2.29. The first-order valence-corrected chi connectivity index (χ1v) is 7.31. The summed E-state index contributed by atoms with van der Waals surface area (Å²) >= 11 is 1.28. The zero-order valence-corrected chi connectivity index (χ0v) is 10.4. The molecular formula is C12H9NO2S2. The lowest BCUT2D eigenvalue weighted by Crippen LogP contribution is -2.10. The molecule has 0 fully saturated rings. The van der Waals surface area contributed by atoms with Crippen LogP contribution in [0.1, 0.15) is 10.1 Å². The van der Waals surface area contributed by atoms with Gasteiger partial charge in [0.1, 0.15) is 0 Å². The minimum atomic E-state index is -3.62. The van der Waals surface area contributed by atoms with Crippen LogP contribution in [0.15, 0.2) is 52.7 Å². The van der Waals surface area contributed by atoms with E-state index in [0.717, 1.165) is 0 Å². The molecule has 1 heterocycles. The van der Waals surface area contributed by atoms with E-state index in [9.17, 15) is 8.42 Å². The molecule has 0 unspecified atom stereocenters. The molecule has 3 nitrogen and oxygen atoms in total. The average Bonchev–Trinajstić information content (AvgIpc) is 2.84. The van der Waals surface area contributed by atoms with Gasteiger partial charge < -0.3 is 0 Å². The second-order valence-corrected chi connectivity index (χ2v) is 6.39. The maximum Gasteiger partial charge on any atom is 0.199 e. The smallest absolute Gasteiger partial charge is 0.199 e. The van der Waals surface area contributed by atoms with Crippen LogP contribution < -0.4 is 0 Å². The van der Waals surface area contributed by atoms with Crippen molar-refractivity contribution in [2.75, 3.05) is 0 Å². The molecule has 1 aromatic heterocycles. The van der Waals surface area contributed by atoms with Crippen molar-refractivity contribution in [3.8, 4) is 6.07 Å². The van der Waals surface area contributed by atoms with Crippen LogP contribution in [0.25, 0.3) is 0 Å². The predicted molar refractivity (Wildman–Crippen MR) is 66.3 cm³/mol. The summed E-state index contributed by atoms with van der Waals surface area (Å²) in [4.78, 5) is 0.733. The molecule has 2 rings (SSSR count). The number of hydrogen-bond acceptors (Lipinski definition) is 4. The van der Waals surface area contributed by atoms with Crippen molar-refractivity contribution in [3.63, 3.8) is 0 Å². The second kappa shape index (κ2) is 4.70. The van der Waals surface area contributed by atoms with Crippen LogP contribution in [0, 0.1) is 11.3 Å². The number of nitriles is 1. The van der Waals surface area contributed by atoms with E-state index in [0.29, 0.717) is 4.88 Å². The third kappa shape index (κ3) is 2.23. The second-order valence-electron chi connectivity index (χ2n) is 3.38. The Balaban J connectivity index is 2.50. The van der Waals surface area contributed by atoms with Crippen LogP contribution in [0.4, 0.5) is 0 Å². The van der Waals surface area contributed by atoms with E-state index in [1.54, 1.807) is 35.7 Å². The Bertz CT molecular complexity index is 625. The van der Waals surface area contributed by atoms with Crippen molar-refractivity contribution in [2.24, 2.45) is 0 Å². The van der Waals surface area contributed by atoms with Crippen LogP contribution in [0.3, 0.4) is 0 Å². The summed E-state index contributed by atoms with van der Waals surface area (Å²) in [6, 6.07) is 13.3. The van der Waals surface area contributed by atoms with E-state index in [-0.39, 0.29) is 4.90 Å². The number of rotatable bonds is 3. The molecule has 0 amide bonds. The zero-order chi connectivity index (χ0) is 12.3. The van der Waals surface area contributed by atoms with Gasteiger partial charge in [0, 0.05) is 4.88 Å². The van der Waals surface area contributed by atoms with Gasteiger partial charge in [-0.1, -0.05) is 24.3 Å². The molecular weight excluding hydrogens is 254 g/mol. The molecule has 0 N–H and O–H groups in total. The molecule has 0 bridgehead atoms. The van der Waals surface area contributed by atoms with Crippen molar-refractivity contribution >= 4 is 21.2 Å². The number of sulfone groups is 1. The van der Waals surface area contributed by atoms with E-state index in [4.69, 9.17) is 5.26 Å². The molecule has 17 heavy (non-hydrogen) atoms. The summed E-state index contributed by atoms with van der Waals surface area (Å²) in [6.45, 7) is 0. The highest BCUT2D eigenvalue weighted by Crippen LogP contribution is 2.30. The molecule has 0 aliphatic carbocycles. The number of benzene rings is 1. The molecule has 86 valence electrons. The van der Waals surface area contributed by atoms with Crippen molar-refractivity contribution in [1.29, 1.82) is 5.26 Å². The average molecular weight is 263 g/mol. The maximum atomic E-state index is 12.2. The minimum absolute atomic E-state index is 0.181. The maximum absolute atomic E-state index is 12.2. The van der Waals surface area contributed by atoms with Crippen molar-refractivity contribution in [3.05, 3.63) is 52.7 Å². The molecule has 1 atom stereocenters. The Morgan fingerprint density at radius 3 is 2.35 bits per heavy atom. The van der Waals surface area contributed by atoms with E-state index in [1.165, 1.54) is 23.5 Å². The van der Waals surface area contributed by atoms with Crippen LogP contribution in [0.5, 0.6) is 0 Å². The fourth-order valence-electron chi connectivity index (χ4n) is 1.47. The molecule has 0 saturated carbocycles. The molecule has 0 aliphatic rings. The Hall–Kier alpha value is -1.64. The Morgan fingerprint density at radius 1 is 1.12 bits per heavy atom. The number of hydrogen-bond donors (Lipinski definition) is 0. The molecule has 2 aromatic rings. The molecule has 0 radical (unpaired) electrons. The fourth-order valence-corrected chi connectivity index (χ4v) is 4.00. The summed E-state index contributed by atoms with van der Waals surface area (Å²) in [5.74, 6) is 0. The van der Waals surface area contributed by atoms with Crippen molar-refractivity contribution < 1.29 is 8.42 Å². The topological polar surface area (TPSA) is 57.9 Å². The molecule has 0 aliphatic heterocycles. The van der Waals surface area contributed by atoms with Crippen LogP contribution in [0.2, 0.25) is 0 Å². The SMILES string of the molecule is N#C[C@H](c1cccs1)S(=O)(=O)c1ccccc1. The summed E-state index contributed by atoms with van der Waals surface area (Å²) < 4.78 is 24.5. The lowest BCUT2D eigenvalue weighted by atomic mass is 10.4. The van der Waals surface area contributed by atoms with Gasteiger partial charge >= 0.3 is 0 Å². The van der Waals surface area contributed by atoms with E-state index >= 15 is 0 Å². The fraction of sp³-hybridized carbons (Fsp3) is 0.0833. The third-order valence-corrected chi connectivity index (χ3v) is 5.30. The predicted octanol–water partition coefficient (Wildman–Crippen LogP) is 2.79. The Labute approximate surface area is 104 Å². The number of nitrogens with zero attached hydrogens (tertiary/aromatic N) is 1. The third-order valence-electron chi connectivity index (χ3n) is 2.30. The van der Waals surface area contributed by atoms with Gasteiger partial charge in [0.15, 0.2) is 15.1 Å². The largest absolute Gasteiger partial charge is 0.222 e. The highest BCUT2D eigenvalue weighted by molar-refractivity contribution is 7.92. The molecule has 1 aromatic carbocycles. The monoisotopic (exact) mass is 263 g/mol. The van der Waals surface area contributed by atoms with Gasteiger partial charge in [-0.25, -0.2) is 8.42 Å². The van der Waals surface area contributed by atoms with Gasteiger partial charge in [0.05, 0.1) is 11.0 Å². The van der Waals surface area contributed by atoms with Gasteiger partial charge in [-0.2, -0.15) is 5.26 Å². The zero-order valence-electron chi connectivity index (χ0n) is 8.78. The van der Waals surface area contributed by atoms with Gasteiger partial charge in [-0.15, -0.1) is 11.3 Å². The van der Waals surface area contributed by atoms with E-state index in [2.05, 4.69) is 0 Å². The van der Waals surface area contributed by atoms with Crippen LogP contribution >= 0.6 is 11.3 Å².